The van der Waals surface area contributed by atoms with Crippen LogP contribution in [-0.2, 0) is 27.5 Å². The second-order valence-electron chi connectivity index (χ2n) is 8.95. The van der Waals surface area contributed by atoms with Gasteiger partial charge >= 0.3 is 0 Å². The van der Waals surface area contributed by atoms with Crippen LogP contribution in [0.2, 0.25) is 0 Å². The van der Waals surface area contributed by atoms with E-state index in [9.17, 15) is 19.2 Å². The number of fused-ring (bicyclic) bond motifs is 1. The Bertz CT molecular complexity index is 959. The summed E-state index contributed by atoms with van der Waals surface area (Å²) in [6.07, 6.45) is 1.42. The molecule has 0 bridgehead atoms. The number of imide groups is 1. The summed E-state index contributed by atoms with van der Waals surface area (Å²) in [5.74, 6) is -0.669. The van der Waals surface area contributed by atoms with Gasteiger partial charge in [-0.15, -0.1) is 0 Å². The highest BCUT2D eigenvalue weighted by Crippen LogP contribution is 2.29. The van der Waals surface area contributed by atoms with Crippen LogP contribution in [0.15, 0.2) is 18.2 Å². The first-order valence-electron chi connectivity index (χ1n) is 10.9. The van der Waals surface area contributed by atoms with E-state index in [1.165, 1.54) is 0 Å². The Hall–Kier alpha value is -2.78. The lowest BCUT2D eigenvalue weighted by atomic mass is 10.0. The molecule has 31 heavy (non-hydrogen) atoms. The van der Waals surface area contributed by atoms with Crippen LogP contribution in [0.5, 0.6) is 0 Å². The van der Waals surface area contributed by atoms with E-state index in [4.69, 9.17) is 0 Å². The van der Waals surface area contributed by atoms with Gasteiger partial charge in [-0.25, -0.2) is 0 Å². The number of nitrogens with one attached hydrogen (secondary N) is 2. The molecule has 2 unspecified atom stereocenters. The third-order valence-corrected chi connectivity index (χ3v) is 6.97. The molecule has 0 aliphatic carbocycles. The molecule has 0 saturated carbocycles. The summed E-state index contributed by atoms with van der Waals surface area (Å²) >= 11 is 0. The summed E-state index contributed by atoms with van der Waals surface area (Å²) < 4.78 is 0. The normalized spacial score (nSPS) is 26.5. The molecule has 1 aromatic carbocycles. The predicted octanol–water partition coefficient (Wildman–Crippen LogP) is -0.548. The Labute approximate surface area is 180 Å². The van der Waals surface area contributed by atoms with Crippen molar-refractivity contribution in [1.82, 2.24) is 25.3 Å². The molecule has 4 aliphatic rings. The van der Waals surface area contributed by atoms with Crippen molar-refractivity contribution in [3.05, 3.63) is 34.9 Å². The van der Waals surface area contributed by atoms with E-state index in [0.717, 1.165) is 37.2 Å². The largest absolute Gasteiger partial charge is 0.336 e. The molecule has 9 heteroatoms. The maximum atomic E-state index is 13.0. The van der Waals surface area contributed by atoms with Gasteiger partial charge in [-0.3, -0.25) is 29.4 Å². The van der Waals surface area contributed by atoms with E-state index < -0.39 is 11.9 Å². The average molecular weight is 425 g/mol. The zero-order valence-corrected chi connectivity index (χ0v) is 17.6. The number of hydrogen-bond acceptors (Lipinski definition) is 6. The molecule has 5 rings (SSSR count). The topological polar surface area (TPSA) is 102 Å². The van der Waals surface area contributed by atoms with E-state index in [1.807, 2.05) is 30.1 Å². The Morgan fingerprint density at radius 3 is 2.61 bits per heavy atom. The first kappa shape index (κ1) is 20.1. The minimum absolute atomic E-state index is 0.135. The molecule has 2 N–H and O–H groups in total. The van der Waals surface area contributed by atoms with Gasteiger partial charge in [0.2, 0.25) is 17.7 Å². The highest BCUT2D eigenvalue weighted by Gasteiger charge is 2.41. The maximum Gasteiger partial charge on any atom is 0.255 e. The van der Waals surface area contributed by atoms with Crippen LogP contribution in [0.3, 0.4) is 0 Å². The summed E-state index contributed by atoms with van der Waals surface area (Å²) in [5.41, 5.74) is 2.47. The van der Waals surface area contributed by atoms with Crippen LogP contribution in [0.1, 0.15) is 40.7 Å². The second-order valence-corrected chi connectivity index (χ2v) is 8.95. The summed E-state index contributed by atoms with van der Waals surface area (Å²) in [6, 6.07) is 5.39. The van der Waals surface area contributed by atoms with E-state index in [1.54, 1.807) is 4.90 Å². The molecule has 1 aromatic rings. The van der Waals surface area contributed by atoms with Gasteiger partial charge in [0.05, 0.1) is 12.1 Å². The SMILES string of the molecule is CN(Cc1ccc2c(c1)C(=O)N(C1CCC(=O)NC1=O)C2)C1CCN(C2CNC2)C1=O. The van der Waals surface area contributed by atoms with E-state index in [-0.39, 0.29) is 30.2 Å². The molecule has 0 spiro atoms. The second kappa shape index (κ2) is 7.72. The lowest BCUT2D eigenvalue weighted by Gasteiger charge is -2.36. The maximum absolute atomic E-state index is 13.0. The Balaban J connectivity index is 1.26. The van der Waals surface area contributed by atoms with Crippen LogP contribution in [0.4, 0.5) is 0 Å². The van der Waals surface area contributed by atoms with Crippen LogP contribution >= 0.6 is 0 Å². The number of piperidine rings is 1. The summed E-state index contributed by atoms with van der Waals surface area (Å²) in [7, 11) is 1.95. The lowest BCUT2D eigenvalue weighted by molar-refractivity contribution is -0.137. The third kappa shape index (κ3) is 3.51. The molecule has 9 nitrogen and oxygen atoms in total. The van der Waals surface area contributed by atoms with E-state index >= 15 is 0 Å². The zero-order chi connectivity index (χ0) is 21.7. The highest BCUT2D eigenvalue weighted by atomic mass is 16.2. The van der Waals surface area contributed by atoms with Gasteiger partial charge in [-0.1, -0.05) is 12.1 Å². The smallest absolute Gasteiger partial charge is 0.255 e. The average Bonchev–Trinajstić information content (AvgIpc) is 3.22. The number of carbonyl (C=O) groups is 4. The molecule has 0 radical (unpaired) electrons. The van der Waals surface area contributed by atoms with Gasteiger partial charge in [0.1, 0.15) is 6.04 Å². The van der Waals surface area contributed by atoms with Crippen LogP contribution < -0.4 is 10.6 Å². The Morgan fingerprint density at radius 2 is 1.90 bits per heavy atom. The standard InChI is InChI=1S/C22H27N5O4/c1-25(18-6-7-26(22(18)31)15-9-23-10-15)11-13-2-3-14-12-27(21(30)16(14)8-13)17-4-5-19(28)24-20(17)29/h2-3,8,15,17-18,23H,4-7,9-12H2,1H3,(H,24,28,29). The monoisotopic (exact) mass is 425 g/mol. The molecule has 4 amide bonds. The summed E-state index contributed by atoms with van der Waals surface area (Å²) in [5, 5.41) is 5.55. The lowest BCUT2D eigenvalue weighted by Crippen LogP contribution is -2.58. The molecule has 3 fully saturated rings. The predicted molar refractivity (Wildman–Crippen MR) is 111 cm³/mol. The number of nitrogens with zero attached hydrogens (tertiary/aromatic N) is 3. The fourth-order valence-corrected chi connectivity index (χ4v) is 5.05. The quantitative estimate of drug-likeness (QED) is 0.614. The number of amides is 4. The number of likely N-dealkylation sites (tertiary alicyclic amines) is 1. The first-order chi connectivity index (χ1) is 14.9. The minimum Gasteiger partial charge on any atom is -0.336 e. The molecular formula is C22H27N5O4. The fourth-order valence-electron chi connectivity index (χ4n) is 5.05. The van der Waals surface area contributed by atoms with Gasteiger partial charge in [0, 0.05) is 44.7 Å². The van der Waals surface area contributed by atoms with E-state index in [0.29, 0.717) is 31.1 Å². The Kier molecular flexibility index (Phi) is 5.02. The van der Waals surface area contributed by atoms with Gasteiger partial charge in [0.15, 0.2) is 0 Å². The van der Waals surface area contributed by atoms with Crippen molar-refractivity contribution in [2.75, 3.05) is 26.7 Å². The molecule has 4 heterocycles. The highest BCUT2D eigenvalue weighted by molar-refractivity contribution is 6.05. The van der Waals surface area contributed by atoms with Gasteiger partial charge in [-0.05, 0) is 37.1 Å². The molecular weight excluding hydrogens is 398 g/mol. The van der Waals surface area contributed by atoms with Crippen molar-refractivity contribution in [2.24, 2.45) is 0 Å². The van der Waals surface area contributed by atoms with Gasteiger partial charge in [0.25, 0.3) is 5.91 Å². The number of hydrogen-bond donors (Lipinski definition) is 2. The fraction of sp³-hybridized carbons (Fsp3) is 0.545. The van der Waals surface area contributed by atoms with Gasteiger partial charge in [-0.2, -0.15) is 0 Å². The van der Waals surface area contributed by atoms with Crippen molar-refractivity contribution >= 4 is 23.6 Å². The van der Waals surface area contributed by atoms with Crippen molar-refractivity contribution in [3.63, 3.8) is 0 Å². The first-order valence-corrected chi connectivity index (χ1v) is 10.9. The number of carbonyl (C=O) groups excluding carboxylic acids is 4. The zero-order valence-electron chi connectivity index (χ0n) is 17.6. The molecule has 3 saturated heterocycles. The van der Waals surface area contributed by atoms with Crippen molar-refractivity contribution in [1.29, 1.82) is 0 Å². The third-order valence-electron chi connectivity index (χ3n) is 6.97. The number of benzene rings is 1. The Morgan fingerprint density at radius 1 is 1.10 bits per heavy atom. The minimum atomic E-state index is -0.605. The number of rotatable bonds is 5. The summed E-state index contributed by atoms with van der Waals surface area (Å²) in [6.45, 7) is 3.50. The molecule has 4 aliphatic heterocycles. The number of likely N-dealkylation sites (N-methyl/N-ethyl adjacent to an activating group) is 1. The summed E-state index contributed by atoms with van der Waals surface area (Å²) in [4.78, 5) is 55.1. The van der Waals surface area contributed by atoms with Crippen molar-refractivity contribution < 1.29 is 19.2 Å². The van der Waals surface area contributed by atoms with Gasteiger partial charge < -0.3 is 15.1 Å². The van der Waals surface area contributed by atoms with Crippen molar-refractivity contribution in [3.8, 4) is 0 Å². The molecule has 2 atom stereocenters. The molecule has 0 aromatic heterocycles. The molecule has 164 valence electrons. The van der Waals surface area contributed by atoms with E-state index in [2.05, 4.69) is 15.5 Å². The van der Waals surface area contributed by atoms with Crippen LogP contribution in [-0.4, -0.2) is 83.1 Å². The van der Waals surface area contributed by atoms with Crippen molar-refractivity contribution in [2.45, 2.75) is 50.5 Å². The van der Waals surface area contributed by atoms with Crippen LogP contribution in [0, 0.1) is 0 Å². The van der Waals surface area contributed by atoms with Crippen LogP contribution in [0.25, 0.3) is 0 Å².